The number of methoxy groups -OCH3 is 1. The number of sulfonamides is 1. The third kappa shape index (κ3) is 6.69. The van der Waals surface area contributed by atoms with Crippen LogP contribution in [-0.4, -0.2) is 92.2 Å². The van der Waals surface area contributed by atoms with Crippen LogP contribution < -0.4 is 0 Å². The largest absolute Gasteiger partial charge is 0.494 e. The van der Waals surface area contributed by atoms with E-state index in [9.17, 15) is 18.3 Å². The summed E-state index contributed by atoms with van der Waals surface area (Å²) in [5.74, 6) is -0.612. The second kappa shape index (κ2) is 13.3. The Morgan fingerprint density at radius 1 is 1.02 bits per heavy atom. The van der Waals surface area contributed by atoms with E-state index in [1.54, 1.807) is 38.2 Å². The number of aromatic amines is 1. The first kappa shape index (κ1) is 30.9. The molecule has 0 radical (unpaired) electrons. The van der Waals surface area contributed by atoms with E-state index in [-0.39, 0.29) is 24.0 Å². The molecule has 4 rings (SSSR count). The lowest BCUT2D eigenvalue weighted by Gasteiger charge is -2.19. The van der Waals surface area contributed by atoms with E-state index in [0.29, 0.717) is 52.1 Å². The zero-order chi connectivity index (χ0) is 30.4. The number of nitrogens with zero attached hydrogens (tertiary/aromatic N) is 3. The monoisotopic (exact) mass is 594 g/mol. The number of aryl methyl sites for hydroxylation is 1. The number of carbonyl (C=O) groups excluding carboxylic acids is 1. The number of aliphatic imine (C=N–C) groups is 1. The molecule has 12 heteroatoms. The molecule has 0 amide bonds. The number of hydroxylamine groups is 1. The molecular weight excluding hydrogens is 560 g/mol. The van der Waals surface area contributed by atoms with E-state index in [1.165, 1.54) is 26.3 Å². The lowest BCUT2D eigenvalue weighted by molar-refractivity contribution is -0.0705. The Labute approximate surface area is 244 Å². The lowest BCUT2D eigenvalue weighted by Crippen LogP contribution is -2.32. The first-order chi connectivity index (χ1) is 20.1. The van der Waals surface area contributed by atoms with Crippen LogP contribution in [0.5, 0.6) is 5.88 Å². The molecule has 42 heavy (non-hydrogen) atoms. The molecule has 3 aromatic carbocycles. The van der Waals surface area contributed by atoms with Gasteiger partial charge in [-0.05, 0) is 55.9 Å². The number of rotatable bonds is 12. The number of esters is 1. The number of hydrogen-bond acceptors (Lipinski definition) is 9. The van der Waals surface area contributed by atoms with E-state index >= 15 is 0 Å². The molecule has 1 aromatic heterocycles. The van der Waals surface area contributed by atoms with E-state index in [2.05, 4.69) is 4.98 Å². The predicted octanol–water partition coefficient (Wildman–Crippen LogP) is 3.61. The van der Waals surface area contributed by atoms with Crippen molar-refractivity contribution in [1.29, 1.82) is 0 Å². The molecule has 0 spiro atoms. The number of carbonyl (C=O) groups is 1. The molecule has 0 saturated carbocycles. The number of fused-ring (bicyclic) bond motifs is 1. The van der Waals surface area contributed by atoms with Gasteiger partial charge in [-0.15, -0.1) is 0 Å². The van der Waals surface area contributed by atoms with Crippen molar-refractivity contribution in [2.45, 2.75) is 11.8 Å². The molecule has 0 fully saturated rings. The number of H-pyrrole nitrogens is 1. The van der Waals surface area contributed by atoms with Gasteiger partial charge in [0.15, 0.2) is 5.88 Å². The minimum absolute atomic E-state index is 0.00134. The maximum atomic E-state index is 13.0. The van der Waals surface area contributed by atoms with Crippen molar-refractivity contribution in [3.63, 3.8) is 0 Å². The fraction of sp³-hybridized carbons (Fsp3) is 0.267. The number of ether oxygens (including phenoxy) is 1. The predicted molar refractivity (Wildman–Crippen MR) is 160 cm³/mol. The first-order valence-electron chi connectivity index (χ1n) is 13.2. The van der Waals surface area contributed by atoms with Crippen LogP contribution in [0.2, 0.25) is 0 Å². The summed E-state index contributed by atoms with van der Waals surface area (Å²) in [7, 11) is 0.506. The summed E-state index contributed by atoms with van der Waals surface area (Å²) in [4.78, 5) is 27.2. The van der Waals surface area contributed by atoms with Gasteiger partial charge in [0.1, 0.15) is 0 Å². The summed E-state index contributed by atoms with van der Waals surface area (Å²) >= 11 is 0. The topological polar surface area (TPSA) is 145 Å². The summed E-state index contributed by atoms with van der Waals surface area (Å²) in [6, 6.07) is 18.7. The van der Waals surface area contributed by atoms with Gasteiger partial charge in [0.05, 0.1) is 47.7 Å². The lowest BCUT2D eigenvalue weighted by atomic mass is 9.98. The molecule has 0 bridgehead atoms. The standard InChI is InChI=1S/C30H34N4O7S/c1-20-18-25-26(19-24(20)30(37)40-4)32-29(36)27(25)28(21-8-6-5-7-9-21)31-22-10-12-23(13-11-22)42(38,39)34(3)41-17-15-33(2)14-16-35/h5-13,18-19,32,35-36H,14-17H2,1-4H3. The van der Waals surface area contributed by atoms with Gasteiger partial charge in [0, 0.05) is 36.6 Å². The quantitative estimate of drug-likeness (QED) is 0.128. The van der Waals surface area contributed by atoms with Crippen molar-refractivity contribution in [1.82, 2.24) is 14.4 Å². The Morgan fingerprint density at radius 2 is 1.71 bits per heavy atom. The fourth-order valence-corrected chi connectivity index (χ4v) is 5.40. The van der Waals surface area contributed by atoms with Crippen molar-refractivity contribution in [2.75, 3.05) is 47.5 Å². The first-order valence-corrected chi connectivity index (χ1v) is 14.6. The Bertz CT molecular complexity index is 1680. The Kier molecular flexibility index (Phi) is 9.76. The molecule has 11 nitrogen and oxygen atoms in total. The summed E-state index contributed by atoms with van der Waals surface area (Å²) < 4.78 is 31.8. The van der Waals surface area contributed by atoms with Gasteiger partial charge < -0.3 is 24.8 Å². The summed E-state index contributed by atoms with van der Waals surface area (Å²) in [5, 5.41) is 20.7. The average Bonchev–Trinajstić information content (AvgIpc) is 3.29. The molecule has 0 atom stereocenters. The highest BCUT2D eigenvalue weighted by molar-refractivity contribution is 7.89. The van der Waals surface area contributed by atoms with Crippen LogP contribution in [0.4, 0.5) is 5.69 Å². The second-order valence-electron chi connectivity index (χ2n) is 9.65. The van der Waals surface area contributed by atoms with Gasteiger partial charge in [-0.2, -0.15) is 0 Å². The van der Waals surface area contributed by atoms with Gasteiger partial charge in [-0.3, -0.25) is 4.84 Å². The highest BCUT2D eigenvalue weighted by Gasteiger charge is 2.23. The molecule has 3 N–H and O–H groups in total. The van der Waals surface area contributed by atoms with Crippen molar-refractivity contribution < 1.29 is 33.0 Å². The van der Waals surface area contributed by atoms with Gasteiger partial charge >= 0.3 is 5.97 Å². The Morgan fingerprint density at radius 3 is 2.36 bits per heavy atom. The number of aromatic nitrogens is 1. The molecule has 0 unspecified atom stereocenters. The minimum Gasteiger partial charge on any atom is -0.494 e. The maximum absolute atomic E-state index is 13.0. The van der Waals surface area contributed by atoms with Gasteiger partial charge in [0.25, 0.3) is 10.0 Å². The fourth-order valence-electron chi connectivity index (χ4n) is 4.41. The van der Waals surface area contributed by atoms with Crippen LogP contribution in [0.15, 0.2) is 76.6 Å². The van der Waals surface area contributed by atoms with Gasteiger partial charge in [0.2, 0.25) is 0 Å². The van der Waals surface area contributed by atoms with Gasteiger partial charge in [-0.25, -0.2) is 18.2 Å². The second-order valence-corrected chi connectivity index (χ2v) is 11.6. The maximum Gasteiger partial charge on any atom is 0.338 e. The number of benzene rings is 3. The van der Waals surface area contributed by atoms with Crippen LogP contribution in [0.25, 0.3) is 10.9 Å². The van der Waals surface area contributed by atoms with Crippen LogP contribution >= 0.6 is 0 Å². The van der Waals surface area contributed by atoms with E-state index in [4.69, 9.17) is 19.7 Å². The number of hydrogen-bond donors (Lipinski definition) is 3. The van der Waals surface area contributed by atoms with E-state index < -0.39 is 16.0 Å². The Balaban J connectivity index is 1.69. The van der Waals surface area contributed by atoms with E-state index in [1.807, 2.05) is 35.2 Å². The molecule has 0 aliphatic heterocycles. The van der Waals surface area contributed by atoms with Crippen molar-refractivity contribution in [2.24, 2.45) is 4.99 Å². The number of likely N-dealkylation sites (N-methyl/N-ethyl adjacent to an activating group) is 1. The van der Waals surface area contributed by atoms with Crippen molar-refractivity contribution in [3.05, 3.63) is 89.0 Å². The normalized spacial score (nSPS) is 12.4. The minimum atomic E-state index is -3.93. The summed E-state index contributed by atoms with van der Waals surface area (Å²) in [6.07, 6.45) is 0. The van der Waals surface area contributed by atoms with Crippen LogP contribution in [-0.2, 0) is 19.6 Å². The molecule has 0 aliphatic rings. The summed E-state index contributed by atoms with van der Waals surface area (Å²) in [6.45, 7) is 2.81. The third-order valence-corrected chi connectivity index (χ3v) is 8.41. The third-order valence-electron chi connectivity index (χ3n) is 6.75. The molecular formula is C30H34N4O7S. The smallest absolute Gasteiger partial charge is 0.338 e. The van der Waals surface area contributed by atoms with E-state index in [0.717, 1.165) is 10.0 Å². The number of aliphatic hydroxyl groups excluding tert-OH is 1. The van der Waals surface area contributed by atoms with Crippen molar-refractivity contribution in [3.8, 4) is 5.88 Å². The number of aliphatic hydroxyl groups is 1. The van der Waals surface area contributed by atoms with Crippen LogP contribution in [0, 0.1) is 6.92 Å². The average molecular weight is 595 g/mol. The van der Waals surface area contributed by atoms with Gasteiger partial charge in [-0.1, -0.05) is 34.8 Å². The molecule has 4 aromatic rings. The molecule has 1 heterocycles. The summed E-state index contributed by atoms with van der Waals surface area (Å²) in [5.41, 5.74) is 3.64. The highest BCUT2D eigenvalue weighted by atomic mass is 32.2. The Hall–Kier alpha value is -4.07. The number of aromatic hydroxyl groups is 1. The van der Waals surface area contributed by atoms with Crippen LogP contribution in [0.3, 0.4) is 0 Å². The molecule has 0 saturated heterocycles. The highest BCUT2D eigenvalue weighted by Crippen LogP contribution is 2.33. The van der Waals surface area contributed by atoms with Crippen molar-refractivity contribution >= 4 is 38.3 Å². The molecule has 222 valence electrons. The molecule has 0 aliphatic carbocycles. The number of nitrogens with one attached hydrogen (secondary N) is 1. The SMILES string of the molecule is COC(=O)c1cc2[nH]c(O)c(C(=Nc3ccc(S(=O)(=O)N(C)OCCN(C)CCO)cc3)c3ccccc3)c2cc1C. The van der Waals surface area contributed by atoms with Crippen LogP contribution in [0.1, 0.15) is 27.0 Å². The zero-order valence-corrected chi connectivity index (χ0v) is 24.7. The zero-order valence-electron chi connectivity index (χ0n) is 23.9.